The SMILES string of the molecule is CCCC(=O)Oc1c(C)c2c(c3c1[C@H]1SC[C@]4(NCCc5cc(OC(=O)OC(C)(C)C)c(OC)cc54)C(=O)OC[C@H]3N3C1[C@@H]1c4c(cc(C)c(OC)c4O)C[C@H]([C@@H]3C#N)N1C)OCO2. The van der Waals surface area contributed by atoms with E-state index in [1.54, 1.807) is 32.9 Å². The number of hydrogen-bond acceptors (Lipinski definition) is 17. The maximum Gasteiger partial charge on any atom is 0.514 e. The third-order valence-electron chi connectivity index (χ3n) is 13.4. The third-order valence-corrected chi connectivity index (χ3v) is 14.9. The van der Waals surface area contributed by atoms with E-state index in [-0.39, 0.29) is 48.9 Å². The van der Waals surface area contributed by atoms with Crippen molar-refractivity contribution >= 4 is 29.9 Å². The number of benzene rings is 3. The van der Waals surface area contributed by atoms with E-state index >= 15 is 4.79 Å². The highest BCUT2D eigenvalue weighted by Gasteiger charge is 2.62. The van der Waals surface area contributed by atoms with Crippen molar-refractivity contribution in [1.82, 2.24) is 15.1 Å². The van der Waals surface area contributed by atoms with Crippen LogP contribution in [0.15, 0.2) is 18.2 Å². The van der Waals surface area contributed by atoms with Crippen molar-refractivity contribution in [2.45, 2.75) is 114 Å². The molecule has 0 aromatic heterocycles. The van der Waals surface area contributed by atoms with Crippen molar-refractivity contribution in [3.63, 3.8) is 0 Å². The number of aryl methyl sites for hydroxylation is 1. The Morgan fingerprint density at radius 1 is 1.02 bits per heavy atom. The number of carbonyl (C=O) groups is 3. The Labute approximate surface area is 376 Å². The van der Waals surface area contributed by atoms with Gasteiger partial charge >= 0.3 is 18.1 Å². The maximum absolute atomic E-state index is 15.1. The van der Waals surface area contributed by atoms with Crippen LogP contribution in [0, 0.1) is 25.2 Å². The number of aromatic hydroxyl groups is 1. The number of phenols is 1. The number of nitriles is 1. The summed E-state index contributed by atoms with van der Waals surface area (Å²) in [5.41, 5.74) is 3.36. The van der Waals surface area contributed by atoms with Gasteiger partial charge in [-0.2, -0.15) is 5.26 Å². The number of likely N-dealkylation sites (N-methyl/N-ethyl adjacent to an activating group) is 1. The first-order valence-corrected chi connectivity index (χ1v) is 22.7. The van der Waals surface area contributed by atoms with Gasteiger partial charge in [0.25, 0.3) is 0 Å². The minimum atomic E-state index is -1.45. The van der Waals surface area contributed by atoms with E-state index in [4.69, 9.17) is 37.9 Å². The number of nitrogens with zero attached hydrogens (tertiary/aromatic N) is 3. The number of phenolic OH excluding ortho intramolecular Hbond substituents is 1. The van der Waals surface area contributed by atoms with Gasteiger partial charge in [-0.15, -0.1) is 11.8 Å². The first kappa shape index (κ1) is 43.8. The van der Waals surface area contributed by atoms with E-state index in [2.05, 4.69) is 21.2 Å². The van der Waals surface area contributed by atoms with Gasteiger partial charge < -0.3 is 43.0 Å². The first-order chi connectivity index (χ1) is 30.6. The number of esters is 2. The molecule has 2 N–H and O–H groups in total. The Balaban J connectivity index is 1.27. The lowest BCUT2D eigenvalue weighted by atomic mass is 9.71. The van der Waals surface area contributed by atoms with Gasteiger partial charge in [0.1, 0.15) is 24.0 Å². The van der Waals surface area contributed by atoms with Gasteiger partial charge in [0.15, 0.2) is 40.0 Å². The van der Waals surface area contributed by atoms with Gasteiger partial charge in [-0.05, 0) is 95.3 Å². The van der Waals surface area contributed by atoms with Crippen LogP contribution in [0.2, 0.25) is 0 Å². The second-order valence-corrected chi connectivity index (χ2v) is 19.4. The van der Waals surface area contributed by atoms with E-state index in [0.29, 0.717) is 76.6 Å². The van der Waals surface area contributed by atoms with Crippen LogP contribution < -0.4 is 33.7 Å². The highest BCUT2D eigenvalue weighted by molar-refractivity contribution is 7.99. The molecule has 64 heavy (non-hydrogen) atoms. The van der Waals surface area contributed by atoms with Crippen molar-refractivity contribution in [2.24, 2.45) is 0 Å². The van der Waals surface area contributed by atoms with Crippen LogP contribution in [-0.4, -0.2) is 104 Å². The molecule has 4 bridgehead atoms. The number of hydrogen-bond donors (Lipinski definition) is 2. The van der Waals surface area contributed by atoms with Crippen LogP contribution in [0.4, 0.5) is 4.79 Å². The van der Waals surface area contributed by atoms with Gasteiger partial charge in [-0.3, -0.25) is 19.9 Å². The highest BCUT2D eigenvalue weighted by Crippen LogP contribution is 2.64. The monoisotopic (exact) mass is 898 g/mol. The molecular weight excluding hydrogens is 845 g/mol. The number of nitrogens with one attached hydrogen (secondary N) is 1. The Bertz CT molecular complexity index is 2500. The van der Waals surface area contributed by atoms with Gasteiger partial charge in [-0.25, -0.2) is 9.59 Å². The number of thioether (sulfide) groups is 1. The zero-order chi connectivity index (χ0) is 45.6. The molecule has 10 rings (SSSR count). The number of ether oxygens (including phenoxy) is 8. The lowest BCUT2D eigenvalue weighted by Gasteiger charge is -2.62. The summed E-state index contributed by atoms with van der Waals surface area (Å²) in [7, 11) is 4.98. The standard InChI is InChI=1S/C47H54N4O12S/c1-10-11-32(52)62-40-23(3)41-42(60-21-59-41)34-29-19-58-44(54)47(26-17-30(56-8)31(16-24(26)12-13-49-47)61-45(55)63-46(4,5)6)20-64-43(35(34)40)37-36-33-25(14-22(2)39(57-9)38(33)53)15-27(50(36)7)28(18-48)51(29)37/h14,16-17,27-29,36-37,43,49,53H,10-13,15,19-21H2,1-9H3/t27-,28+,29-,36+,37?,43-,47-/m1/s1. The minimum Gasteiger partial charge on any atom is -0.504 e. The average Bonchev–Trinajstić information content (AvgIpc) is 3.73. The second kappa shape index (κ2) is 16.2. The summed E-state index contributed by atoms with van der Waals surface area (Å²) in [5, 5.41) is 26.4. The fraction of sp³-hybridized carbons (Fsp3) is 0.532. The molecule has 7 aliphatic heterocycles. The van der Waals surface area contributed by atoms with Gasteiger partial charge in [-0.1, -0.05) is 13.0 Å². The molecule has 1 unspecified atom stereocenters. The number of rotatable bonds is 6. The van der Waals surface area contributed by atoms with Crippen molar-refractivity contribution in [3.8, 4) is 46.3 Å². The summed E-state index contributed by atoms with van der Waals surface area (Å²) in [6.07, 6.45) is 0.800. The molecule has 2 saturated heterocycles. The van der Waals surface area contributed by atoms with Crippen LogP contribution in [0.5, 0.6) is 40.2 Å². The molecule has 16 nitrogen and oxygen atoms in total. The molecular formula is C47H54N4O12S. The van der Waals surface area contributed by atoms with Crippen LogP contribution >= 0.6 is 11.8 Å². The average molecular weight is 899 g/mol. The van der Waals surface area contributed by atoms with Gasteiger partial charge in [0, 0.05) is 53.1 Å². The smallest absolute Gasteiger partial charge is 0.504 e. The van der Waals surface area contributed by atoms with Crippen LogP contribution in [0.3, 0.4) is 0 Å². The fourth-order valence-corrected chi connectivity index (χ4v) is 12.5. The summed E-state index contributed by atoms with van der Waals surface area (Å²) in [6.45, 7) is 11.0. The molecule has 0 saturated carbocycles. The first-order valence-electron chi connectivity index (χ1n) is 21.7. The molecule has 17 heteroatoms. The molecule has 0 radical (unpaired) electrons. The Hall–Kier alpha value is -5.41. The Morgan fingerprint density at radius 3 is 2.48 bits per heavy atom. The van der Waals surface area contributed by atoms with Crippen LogP contribution in [0.1, 0.15) is 102 Å². The van der Waals surface area contributed by atoms with Crippen LogP contribution in [-0.2, 0) is 37.4 Å². The molecule has 340 valence electrons. The van der Waals surface area contributed by atoms with E-state index in [1.807, 2.05) is 33.9 Å². The van der Waals surface area contributed by atoms with E-state index in [0.717, 1.165) is 16.7 Å². The second-order valence-electron chi connectivity index (χ2n) is 18.3. The van der Waals surface area contributed by atoms with Gasteiger partial charge in [0.05, 0.1) is 37.6 Å². The summed E-state index contributed by atoms with van der Waals surface area (Å²) in [6, 6.07) is 5.19. The third kappa shape index (κ3) is 6.78. The zero-order valence-electron chi connectivity index (χ0n) is 37.5. The predicted octanol–water partition coefficient (Wildman–Crippen LogP) is 6.38. The quantitative estimate of drug-likeness (QED) is 0.158. The van der Waals surface area contributed by atoms with Gasteiger partial charge in [0.2, 0.25) is 6.79 Å². The predicted molar refractivity (Wildman–Crippen MR) is 232 cm³/mol. The van der Waals surface area contributed by atoms with Crippen molar-refractivity contribution in [3.05, 3.63) is 62.7 Å². The van der Waals surface area contributed by atoms with E-state index in [1.165, 1.54) is 26.0 Å². The topological polar surface area (TPSA) is 188 Å². The molecule has 0 aliphatic carbocycles. The van der Waals surface area contributed by atoms with Crippen LogP contribution in [0.25, 0.3) is 0 Å². The molecule has 7 heterocycles. The number of piperazine rings is 1. The minimum absolute atomic E-state index is 0.0279. The van der Waals surface area contributed by atoms with E-state index in [9.17, 15) is 20.0 Å². The summed E-state index contributed by atoms with van der Waals surface area (Å²) in [4.78, 5) is 46.0. The molecule has 1 spiro atoms. The summed E-state index contributed by atoms with van der Waals surface area (Å²) >= 11 is 1.47. The lowest BCUT2D eigenvalue weighted by molar-refractivity contribution is -0.157. The molecule has 0 amide bonds. The Kier molecular flexibility index (Phi) is 11.1. The molecule has 7 atom stereocenters. The zero-order valence-corrected chi connectivity index (χ0v) is 38.4. The summed E-state index contributed by atoms with van der Waals surface area (Å²) < 4.78 is 48.1. The molecule has 2 fully saturated rings. The largest absolute Gasteiger partial charge is 0.514 e. The number of carbonyl (C=O) groups excluding carboxylic acids is 3. The number of methoxy groups -OCH3 is 2. The molecule has 7 aliphatic rings. The maximum atomic E-state index is 15.1. The molecule has 3 aromatic carbocycles. The van der Waals surface area contributed by atoms with Crippen molar-refractivity contribution < 1.29 is 57.4 Å². The summed E-state index contributed by atoms with van der Waals surface area (Å²) in [5.74, 6) is 1.10. The molecule has 3 aromatic rings. The van der Waals surface area contributed by atoms with Crippen molar-refractivity contribution in [1.29, 1.82) is 5.26 Å². The highest BCUT2D eigenvalue weighted by atomic mass is 32.2. The Morgan fingerprint density at radius 2 is 1.78 bits per heavy atom. The fourth-order valence-electron chi connectivity index (χ4n) is 10.8. The van der Waals surface area contributed by atoms with Crippen molar-refractivity contribution in [2.75, 3.05) is 47.0 Å². The normalized spacial score (nSPS) is 26.7. The lowest BCUT2D eigenvalue weighted by Crippen LogP contribution is -2.69. The number of fused-ring (bicyclic) bond motifs is 9. The van der Waals surface area contributed by atoms with E-state index < -0.39 is 58.7 Å².